The number of nitrogens with one attached hydrogen (secondary N) is 2. The predicted molar refractivity (Wildman–Crippen MR) is 61.5 cm³/mol. The molecular formula is C11H18N4O2. The maximum absolute atomic E-state index is 11.9. The highest BCUT2D eigenvalue weighted by molar-refractivity contribution is 5.80. The first-order chi connectivity index (χ1) is 8.24. The lowest BCUT2D eigenvalue weighted by Crippen LogP contribution is -2.55. The van der Waals surface area contributed by atoms with Crippen LogP contribution in [0.2, 0.25) is 0 Å². The zero-order chi connectivity index (χ0) is 11.8. The Hall–Kier alpha value is -1.30. The molecule has 0 radical (unpaired) electrons. The SMILES string of the molecule is O=C(CNC1CC1)N1CCN2C(=O)NCC2C1. The van der Waals surface area contributed by atoms with Crippen LogP contribution >= 0.6 is 0 Å². The Morgan fingerprint density at radius 3 is 3.00 bits per heavy atom. The number of urea groups is 1. The van der Waals surface area contributed by atoms with Gasteiger partial charge in [-0.05, 0) is 12.8 Å². The summed E-state index contributed by atoms with van der Waals surface area (Å²) >= 11 is 0. The number of fused-ring (bicyclic) bond motifs is 1. The van der Waals surface area contributed by atoms with E-state index in [9.17, 15) is 9.59 Å². The van der Waals surface area contributed by atoms with Crippen LogP contribution < -0.4 is 10.6 Å². The molecule has 94 valence electrons. The van der Waals surface area contributed by atoms with Gasteiger partial charge in [-0.3, -0.25) is 4.79 Å². The monoisotopic (exact) mass is 238 g/mol. The zero-order valence-corrected chi connectivity index (χ0v) is 9.82. The first-order valence-electron chi connectivity index (χ1n) is 6.29. The van der Waals surface area contributed by atoms with Crippen LogP contribution in [0, 0.1) is 0 Å². The number of hydrogen-bond donors (Lipinski definition) is 2. The minimum Gasteiger partial charge on any atom is -0.338 e. The molecule has 2 heterocycles. The molecule has 3 amide bonds. The minimum absolute atomic E-state index is 0.0122. The fourth-order valence-electron chi connectivity index (χ4n) is 2.46. The van der Waals surface area contributed by atoms with Gasteiger partial charge in [-0.25, -0.2) is 4.79 Å². The van der Waals surface area contributed by atoms with Crippen molar-refractivity contribution >= 4 is 11.9 Å². The van der Waals surface area contributed by atoms with Crippen molar-refractivity contribution in [2.75, 3.05) is 32.7 Å². The predicted octanol–water partition coefficient (Wildman–Crippen LogP) is -1.03. The van der Waals surface area contributed by atoms with Crippen LogP contribution in [0.4, 0.5) is 4.79 Å². The molecule has 6 nitrogen and oxygen atoms in total. The van der Waals surface area contributed by atoms with Gasteiger partial charge in [-0.15, -0.1) is 0 Å². The van der Waals surface area contributed by atoms with Gasteiger partial charge in [0.1, 0.15) is 0 Å². The maximum atomic E-state index is 11.9. The fourth-order valence-corrected chi connectivity index (χ4v) is 2.46. The highest BCUT2D eigenvalue weighted by Crippen LogP contribution is 2.18. The largest absolute Gasteiger partial charge is 0.338 e. The van der Waals surface area contributed by atoms with Crippen LogP contribution in [0.5, 0.6) is 0 Å². The molecule has 1 aliphatic carbocycles. The Kier molecular flexibility index (Phi) is 2.66. The summed E-state index contributed by atoms with van der Waals surface area (Å²) in [5.41, 5.74) is 0. The molecule has 0 bridgehead atoms. The summed E-state index contributed by atoms with van der Waals surface area (Å²) in [7, 11) is 0. The maximum Gasteiger partial charge on any atom is 0.317 e. The molecular weight excluding hydrogens is 220 g/mol. The van der Waals surface area contributed by atoms with E-state index >= 15 is 0 Å². The Balaban J connectivity index is 1.51. The Bertz CT molecular complexity index is 342. The van der Waals surface area contributed by atoms with Gasteiger partial charge in [0, 0.05) is 32.2 Å². The van der Waals surface area contributed by atoms with Crippen LogP contribution in [0.25, 0.3) is 0 Å². The van der Waals surface area contributed by atoms with Crippen molar-refractivity contribution in [3.63, 3.8) is 0 Å². The number of amides is 3. The Morgan fingerprint density at radius 2 is 2.24 bits per heavy atom. The third-order valence-corrected chi connectivity index (χ3v) is 3.70. The Labute approximate surface area is 100 Å². The van der Waals surface area contributed by atoms with E-state index in [1.54, 1.807) is 0 Å². The molecule has 2 aliphatic heterocycles. The lowest BCUT2D eigenvalue weighted by molar-refractivity contribution is -0.132. The number of nitrogens with zero attached hydrogens (tertiary/aromatic N) is 2. The molecule has 3 aliphatic rings. The highest BCUT2D eigenvalue weighted by Gasteiger charge is 2.36. The zero-order valence-electron chi connectivity index (χ0n) is 9.82. The van der Waals surface area contributed by atoms with E-state index < -0.39 is 0 Å². The Morgan fingerprint density at radius 1 is 1.41 bits per heavy atom. The van der Waals surface area contributed by atoms with Gasteiger partial charge in [-0.2, -0.15) is 0 Å². The number of piperazine rings is 1. The van der Waals surface area contributed by atoms with E-state index in [0.29, 0.717) is 38.8 Å². The summed E-state index contributed by atoms with van der Waals surface area (Å²) in [6, 6.07) is 0.745. The summed E-state index contributed by atoms with van der Waals surface area (Å²) in [6.07, 6.45) is 2.39. The van der Waals surface area contributed by atoms with Gasteiger partial charge in [-0.1, -0.05) is 0 Å². The van der Waals surface area contributed by atoms with Gasteiger partial charge in [0.25, 0.3) is 0 Å². The normalized spacial score (nSPS) is 28.0. The average molecular weight is 238 g/mol. The van der Waals surface area contributed by atoms with Gasteiger partial charge >= 0.3 is 6.03 Å². The molecule has 3 rings (SSSR count). The van der Waals surface area contributed by atoms with Crippen molar-refractivity contribution in [2.45, 2.75) is 24.9 Å². The van der Waals surface area contributed by atoms with E-state index in [0.717, 1.165) is 0 Å². The van der Waals surface area contributed by atoms with Gasteiger partial charge in [0.05, 0.1) is 12.6 Å². The molecule has 17 heavy (non-hydrogen) atoms. The quantitative estimate of drug-likeness (QED) is 0.661. The van der Waals surface area contributed by atoms with E-state index in [2.05, 4.69) is 10.6 Å². The molecule has 1 saturated carbocycles. The van der Waals surface area contributed by atoms with Gasteiger partial charge < -0.3 is 20.4 Å². The molecule has 0 aromatic carbocycles. The van der Waals surface area contributed by atoms with Gasteiger partial charge in [0.2, 0.25) is 5.91 Å². The van der Waals surface area contributed by atoms with E-state index in [1.807, 2.05) is 9.80 Å². The standard InChI is InChI=1S/C11H18N4O2/c16-10(6-12-8-1-2-8)14-3-4-15-9(7-14)5-13-11(15)17/h8-9,12H,1-7H2,(H,13,17). The van der Waals surface area contributed by atoms with Crippen molar-refractivity contribution in [2.24, 2.45) is 0 Å². The lowest BCUT2D eigenvalue weighted by atomic mass is 10.2. The first kappa shape index (κ1) is 10.8. The van der Waals surface area contributed by atoms with Crippen molar-refractivity contribution in [3.8, 4) is 0 Å². The molecule has 6 heteroatoms. The number of rotatable bonds is 3. The second-order valence-corrected chi connectivity index (χ2v) is 5.03. The van der Waals surface area contributed by atoms with Crippen molar-refractivity contribution in [1.82, 2.24) is 20.4 Å². The third kappa shape index (κ3) is 2.22. The third-order valence-electron chi connectivity index (χ3n) is 3.70. The molecule has 1 unspecified atom stereocenters. The average Bonchev–Trinajstić information content (AvgIpc) is 3.10. The minimum atomic E-state index is 0.0122. The second-order valence-electron chi connectivity index (χ2n) is 5.03. The van der Waals surface area contributed by atoms with Crippen molar-refractivity contribution in [1.29, 1.82) is 0 Å². The topological polar surface area (TPSA) is 64.7 Å². The molecule has 1 atom stereocenters. The van der Waals surface area contributed by atoms with Crippen LogP contribution in [-0.4, -0.2) is 66.5 Å². The summed E-state index contributed by atoms with van der Waals surface area (Å²) in [4.78, 5) is 27.1. The van der Waals surface area contributed by atoms with Crippen molar-refractivity contribution in [3.05, 3.63) is 0 Å². The van der Waals surface area contributed by atoms with Crippen LogP contribution in [0.3, 0.4) is 0 Å². The molecule has 2 N–H and O–H groups in total. The number of carbonyl (C=O) groups excluding carboxylic acids is 2. The summed E-state index contributed by atoms with van der Waals surface area (Å²) in [6.45, 7) is 3.10. The van der Waals surface area contributed by atoms with Crippen LogP contribution in [0.15, 0.2) is 0 Å². The van der Waals surface area contributed by atoms with Crippen LogP contribution in [0.1, 0.15) is 12.8 Å². The summed E-state index contributed by atoms with van der Waals surface area (Å²) < 4.78 is 0. The number of hydrogen-bond acceptors (Lipinski definition) is 3. The highest BCUT2D eigenvalue weighted by atomic mass is 16.2. The molecule has 0 spiro atoms. The second kappa shape index (κ2) is 4.18. The number of carbonyl (C=O) groups is 2. The van der Waals surface area contributed by atoms with Gasteiger partial charge in [0.15, 0.2) is 0 Å². The van der Waals surface area contributed by atoms with E-state index in [4.69, 9.17) is 0 Å². The fraction of sp³-hybridized carbons (Fsp3) is 0.818. The summed E-state index contributed by atoms with van der Waals surface area (Å²) in [5, 5.41) is 6.05. The van der Waals surface area contributed by atoms with Crippen LogP contribution in [-0.2, 0) is 4.79 Å². The van der Waals surface area contributed by atoms with E-state index in [1.165, 1.54) is 12.8 Å². The van der Waals surface area contributed by atoms with E-state index in [-0.39, 0.29) is 18.0 Å². The molecule has 2 saturated heterocycles. The molecule has 0 aromatic heterocycles. The first-order valence-corrected chi connectivity index (χ1v) is 6.29. The molecule has 3 fully saturated rings. The molecule has 0 aromatic rings. The van der Waals surface area contributed by atoms with Crippen molar-refractivity contribution < 1.29 is 9.59 Å². The smallest absolute Gasteiger partial charge is 0.317 e. The lowest BCUT2D eigenvalue weighted by Gasteiger charge is -2.36. The summed E-state index contributed by atoms with van der Waals surface area (Å²) in [5.74, 6) is 0.163.